The molecule has 0 spiro atoms. The summed E-state index contributed by atoms with van der Waals surface area (Å²) in [5.74, 6) is -1.03. The molecule has 1 fully saturated rings. The molecular weight excluding hydrogens is 408 g/mol. The van der Waals surface area contributed by atoms with Gasteiger partial charge in [-0.15, -0.1) is 0 Å². The number of pyridine rings is 1. The van der Waals surface area contributed by atoms with E-state index in [0.717, 1.165) is 0 Å². The van der Waals surface area contributed by atoms with Gasteiger partial charge in [0.05, 0.1) is 16.8 Å². The number of ether oxygens (including phenoxy) is 1. The van der Waals surface area contributed by atoms with Crippen LogP contribution in [0.3, 0.4) is 0 Å². The molecule has 1 atom stereocenters. The fourth-order valence-electron chi connectivity index (χ4n) is 3.10. The minimum atomic E-state index is -0.576. The molecule has 150 valence electrons. The molecule has 3 N–H and O–H groups in total. The van der Waals surface area contributed by atoms with Crippen molar-refractivity contribution >= 4 is 34.8 Å². The third-order valence-electron chi connectivity index (χ3n) is 4.60. The Morgan fingerprint density at radius 2 is 2.04 bits per heavy atom. The highest BCUT2D eigenvalue weighted by molar-refractivity contribution is 6.36. The van der Waals surface area contributed by atoms with E-state index < -0.39 is 23.3 Å². The quantitative estimate of drug-likeness (QED) is 0.631. The minimum absolute atomic E-state index is 0.0138. The Bertz CT molecular complexity index is 929. The van der Waals surface area contributed by atoms with Crippen LogP contribution in [0, 0.1) is 5.82 Å². The first-order valence-corrected chi connectivity index (χ1v) is 9.63. The third-order valence-corrected chi connectivity index (χ3v) is 5.31. The first-order valence-electron chi connectivity index (χ1n) is 8.88. The van der Waals surface area contributed by atoms with Gasteiger partial charge in [0.1, 0.15) is 11.4 Å². The molecule has 0 bridgehead atoms. The van der Waals surface area contributed by atoms with Crippen molar-refractivity contribution in [1.29, 1.82) is 0 Å². The van der Waals surface area contributed by atoms with E-state index in [-0.39, 0.29) is 16.6 Å². The Hall–Kier alpha value is -2.09. The van der Waals surface area contributed by atoms with Crippen molar-refractivity contribution in [2.75, 3.05) is 18.5 Å². The summed E-state index contributed by atoms with van der Waals surface area (Å²) in [6.07, 6.45) is 2.84. The number of benzene rings is 1. The Labute approximate surface area is 171 Å². The van der Waals surface area contributed by atoms with Crippen LogP contribution in [0.15, 0.2) is 29.2 Å². The maximum Gasteiger partial charge on any atom is 0.260 e. The van der Waals surface area contributed by atoms with Gasteiger partial charge in [-0.2, -0.15) is 0 Å². The summed E-state index contributed by atoms with van der Waals surface area (Å²) >= 11 is 12.2. The lowest BCUT2D eigenvalue weighted by Gasteiger charge is -2.23. The standard InChI is InChI=1S/C19H20Cl2FN3O3/c1-10(16-14(20)2-3-15(22)17(16)21)24-12-8-13(18(26)23-9-12)19(27)25-11-4-6-28-7-5-11/h2-3,8-11,24H,4-7H2,1H3,(H,23,26)(H,25,27)/t10-/m1/s1. The summed E-state index contributed by atoms with van der Waals surface area (Å²) in [5, 5.41) is 6.18. The molecule has 9 heteroatoms. The largest absolute Gasteiger partial charge is 0.381 e. The number of hydrogen-bond acceptors (Lipinski definition) is 4. The van der Waals surface area contributed by atoms with E-state index in [1.165, 1.54) is 24.4 Å². The number of aromatic nitrogens is 1. The van der Waals surface area contributed by atoms with Crippen molar-refractivity contribution in [1.82, 2.24) is 10.3 Å². The molecule has 1 aromatic heterocycles. The minimum Gasteiger partial charge on any atom is -0.381 e. The van der Waals surface area contributed by atoms with Gasteiger partial charge < -0.3 is 20.4 Å². The van der Waals surface area contributed by atoms with Gasteiger partial charge in [-0.3, -0.25) is 9.59 Å². The SMILES string of the molecule is C[C@@H](Nc1c[nH]c(=O)c(C(=O)NC2CCOCC2)c1)c1c(Cl)ccc(F)c1Cl. The molecule has 1 amide bonds. The highest BCUT2D eigenvalue weighted by Gasteiger charge is 2.21. The molecule has 0 unspecified atom stereocenters. The molecule has 1 aliphatic heterocycles. The average Bonchev–Trinajstić information content (AvgIpc) is 2.67. The van der Waals surface area contributed by atoms with E-state index in [4.69, 9.17) is 27.9 Å². The summed E-state index contributed by atoms with van der Waals surface area (Å²) < 4.78 is 19.0. The zero-order valence-corrected chi connectivity index (χ0v) is 16.7. The summed E-state index contributed by atoms with van der Waals surface area (Å²) in [5.41, 5.74) is 0.355. The fraction of sp³-hybridized carbons (Fsp3) is 0.368. The number of halogens is 3. The van der Waals surface area contributed by atoms with Gasteiger partial charge in [-0.05, 0) is 38.0 Å². The Balaban J connectivity index is 1.78. The lowest BCUT2D eigenvalue weighted by atomic mass is 10.1. The Morgan fingerprint density at radius 1 is 1.32 bits per heavy atom. The summed E-state index contributed by atoms with van der Waals surface area (Å²) in [7, 11) is 0. The number of carbonyl (C=O) groups is 1. The van der Waals surface area contributed by atoms with Crippen molar-refractivity contribution in [3.05, 3.63) is 61.7 Å². The van der Waals surface area contributed by atoms with Gasteiger partial charge in [-0.25, -0.2) is 4.39 Å². The van der Waals surface area contributed by atoms with E-state index in [0.29, 0.717) is 42.3 Å². The lowest BCUT2D eigenvalue weighted by Crippen LogP contribution is -2.40. The molecule has 0 aliphatic carbocycles. The number of hydrogen-bond donors (Lipinski definition) is 3. The predicted molar refractivity (Wildman–Crippen MR) is 107 cm³/mol. The highest BCUT2D eigenvalue weighted by atomic mass is 35.5. The zero-order chi connectivity index (χ0) is 20.3. The molecule has 2 aromatic rings. The maximum absolute atomic E-state index is 13.8. The van der Waals surface area contributed by atoms with Crippen LogP contribution in [0.2, 0.25) is 10.0 Å². The molecule has 1 aromatic carbocycles. The molecule has 3 rings (SSSR count). The molecule has 6 nitrogen and oxygen atoms in total. The number of aromatic amines is 1. The molecule has 0 saturated carbocycles. The average molecular weight is 428 g/mol. The number of anilines is 1. The van der Waals surface area contributed by atoms with E-state index in [9.17, 15) is 14.0 Å². The van der Waals surface area contributed by atoms with Crippen molar-refractivity contribution in [3.63, 3.8) is 0 Å². The Morgan fingerprint density at radius 3 is 2.75 bits per heavy atom. The number of H-pyrrole nitrogens is 1. The Kier molecular flexibility index (Phi) is 6.59. The second-order valence-corrected chi connectivity index (χ2v) is 7.40. The summed E-state index contributed by atoms with van der Waals surface area (Å²) in [6.45, 7) is 2.91. The van der Waals surface area contributed by atoms with Gasteiger partial charge in [0.15, 0.2) is 0 Å². The molecule has 2 heterocycles. The highest BCUT2D eigenvalue weighted by Crippen LogP contribution is 2.33. The number of amides is 1. The molecule has 1 aliphatic rings. The van der Waals surface area contributed by atoms with E-state index >= 15 is 0 Å². The van der Waals surface area contributed by atoms with Crippen LogP contribution in [0.25, 0.3) is 0 Å². The number of rotatable bonds is 5. The monoisotopic (exact) mass is 427 g/mol. The van der Waals surface area contributed by atoms with Crippen LogP contribution < -0.4 is 16.2 Å². The summed E-state index contributed by atoms with van der Waals surface area (Å²) in [4.78, 5) is 27.1. The molecule has 1 saturated heterocycles. The van der Waals surface area contributed by atoms with E-state index in [1.54, 1.807) is 6.92 Å². The lowest BCUT2D eigenvalue weighted by molar-refractivity contribution is 0.0696. The normalized spacial score (nSPS) is 15.9. The maximum atomic E-state index is 13.8. The van der Waals surface area contributed by atoms with Crippen molar-refractivity contribution in [2.24, 2.45) is 0 Å². The van der Waals surface area contributed by atoms with Crippen LogP contribution in [0.5, 0.6) is 0 Å². The summed E-state index contributed by atoms with van der Waals surface area (Å²) in [6, 6.07) is 3.58. The van der Waals surface area contributed by atoms with Crippen LogP contribution >= 0.6 is 23.2 Å². The van der Waals surface area contributed by atoms with Gasteiger partial charge in [0, 0.05) is 36.0 Å². The topological polar surface area (TPSA) is 83.2 Å². The van der Waals surface area contributed by atoms with Crippen LogP contribution in [-0.4, -0.2) is 30.1 Å². The second kappa shape index (κ2) is 8.94. The van der Waals surface area contributed by atoms with Crippen LogP contribution in [0.1, 0.15) is 41.7 Å². The molecular formula is C19H20Cl2FN3O3. The fourth-order valence-corrected chi connectivity index (χ4v) is 3.80. The third kappa shape index (κ3) is 4.66. The smallest absolute Gasteiger partial charge is 0.260 e. The first-order chi connectivity index (χ1) is 13.4. The number of nitrogens with one attached hydrogen (secondary N) is 3. The van der Waals surface area contributed by atoms with Crippen LogP contribution in [-0.2, 0) is 4.74 Å². The zero-order valence-electron chi connectivity index (χ0n) is 15.2. The van der Waals surface area contributed by atoms with Crippen molar-refractivity contribution in [2.45, 2.75) is 31.8 Å². The van der Waals surface area contributed by atoms with E-state index in [1.807, 2.05) is 0 Å². The second-order valence-electron chi connectivity index (χ2n) is 6.61. The van der Waals surface area contributed by atoms with Gasteiger partial charge in [0.25, 0.3) is 11.5 Å². The van der Waals surface area contributed by atoms with Crippen molar-refractivity contribution in [3.8, 4) is 0 Å². The molecule has 0 radical (unpaired) electrons. The first kappa shape index (κ1) is 20.6. The van der Waals surface area contributed by atoms with Crippen molar-refractivity contribution < 1.29 is 13.9 Å². The van der Waals surface area contributed by atoms with Gasteiger partial charge in [0.2, 0.25) is 0 Å². The predicted octanol–water partition coefficient (Wildman–Crippen LogP) is 3.90. The molecule has 28 heavy (non-hydrogen) atoms. The van der Waals surface area contributed by atoms with Crippen LogP contribution in [0.4, 0.5) is 10.1 Å². The number of carbonyl (C=O) groups excluding carboxylic acids is 1. The van der Waals surface area contributed by atoms with E-state index in [2.05, 4.69) is 15.6 Å². The van der Waals surface area contributed by atoms with Gasteiger partial charge >= 0.3 is 0 Å². The van der Waals surface area contributed by atoms with Gasteiger partial charge in [-0.1, -0.05) is 23.2 Å².